The van der Waals surface area contributed by atoms with Gasteiger partial charge in [0.05, 0.1) is 13.2 Å². The summed E-state index contributed by atoms with van der Waals surface area (Å²) in [5.41, 5.74) is -9.58. The van der Waals surface area contributed by atoms with E-state index in [-0.39, 0.29) is 17.0 Å². The first-order valence-electron chi connectivity index (χ1n) is 12.3. The van der Waals surface area contributed by atoms with Crippen LogP contribution in [-0.2, 0) is 18.5 Å². The Morgan fingerprint density at radius 2 is 1.61 bits per heavy atom. The number of nitrogens with zero attached hydrogens (tertiary/aromatic N) is 2. The number of fused-ring (bicyclic) bond motifs is 1. The first kappa shape index (κ1) is 30.0. The van der Waals surface area contributed by atoms with Crippen LogP contribution in [0.4, 0.5) is 32.2 Å². The van der Waals surface area contributed by atoms with E-state index < -0.39 is 52.9 Å². The van der Waals surface area contributed by atoms with Crippen molar-refractivity contribution in [3.05, 3.63) is 85.0 Å². The summed E-state index contributed by atoms with van der Waals surface area (Å²) >= 11 is 5.92. The maximum atomic E-state index is 14.5. The largest absolute Gasteiger partial charge is 0.490 e. The summed E-state index contributed by atoms with van der Waals surface area (Å²) in [5, 5.41) is 2.38. The summed E-state index contributed by atoms with van der Waals surface area (Å²) in [5.74, 6) is -1.08. The summed E-state index contributed by atoms with van der Waals surface area (Å²) in [6.45, 7) is 3.74. The van der Waals surface area contributed by atoms with Gasteiger partial charge in [0, 0.05) is 17.1 Å². The number of hydrogen-bond acceptors (Lipinski definition) is 6. The molecule has 0 bridgehead atoms. The molecule has 0 fully saturated rings. The Hall–Kier alpha value is -3.94. The molecule has 0 unspecified atom stereocenters. The van der Waals surface area contributed by atoms with E-state index in [1.807, 2.05) is 0 Å². The Kier molecular flexibility index (Phi) is 8.16. The molecule has 1 aliphatic rings. The van der Waals surface area contributed by atoms with Crippen molar-refractivity contribution >= 4 is 23.3 Å². The average Bonchev–Trinajstić information content (AvgIpc) is 2.88. The topological polar surface area (TPSA) is 97.7 Å². The zero-order chi connectivity index (χ0) is 30.2. The molecule has 0 spiro atoms. The van der Waals surface area contributed by atoms with Crippen molar-refractivity contribution in [3.63, 3.8) is 0 Å². The van der Waals surface area contributed by atoms with Crippen LogP contribution in [0.25, 0.3) is 0 Å². The van der Waals surface area contributed by atoms with Gasteiger partial charge in [0.1, 0.15) is 17.2 Å². The maximum absolute atomic E-state index is 14.5. The van der Waals surface area contributed by atoms with Crippen LogP contribution in [0.15, 0.2) is 57.0 Å². The summed E-state index contributed by atoms with van der Waals surface area (Å²) in [7, 11) is 0. The lowest BCUT2D eigenvalue weighted by Gasteiger charge is -2.38. The summed E-state index contributed by atoms with van der Waals surface area (Å²) in [6.07, 6.45) is -12.3. The summed E-state index contributed by atoms with van der Waals surface area (Å²) in [4.78, 5) is 30.2. The van der Waals surface area contributed by atoms with Crippen LogP contribution in [0.2, 0.25) is 5.02 Å². The number of amidine groups is 1. The highest BCUT2D eigenvalue weighted by molar-refractivity contribution is 6.31. The van der Waals surface area contributed by atoms with Crippen LogP contribution < -0.4 is 26.0 Å². The molecule has 0 aliphatic carbocycles. The molecule has 220 valence electrons. The van der Waals surface area contributed by atoms with E-state index in [9.17, 15) is 35.9 Å². The fourth-order valence-electron chi connectivity index (χ4n) is 4.45. The number of alkyl halides is 6. The van der Waals surface area contributed by atoms with E-state index >= 15 is 0 Å². The van der Waals surface area contributed by atoms with Gasteiger partial charge in [-0.2, -0.15) is 26.3 Å². The third-order valence-electron chi connectivity index (χ3n) is 6.23. The Balaban J connectivity index is 1.90. The van der Waals surface area contributed by atoms with Crippen molar-refractivity contribution in [3.8, 4) is 11.5 Å². The lowest BCUT2D eigenvalue weighted by Crippen LogP contribution is -2.59. The maximum Gasteiger partial charge on any atom is 0.427 e. The number of hydrogen-bond donors (Lipinski definition) is 2. The molecule has 0 atom stereocenters. The van der Waals surface area contributed by atoms with Crippen LogP contribution in [0.5, 0.6) is 11.5 Å². The molecule has 0 amide bonds. The average molecular weight is 605 g/mol. The molecule has 0 radical (unpaired) electrons. The Labute approximate surface area is 233 Å². The van der Waals surface area contributed by atoms with E-state index in [0.29, 0.717) is 34.8 Å². The second kappa shape index (κ2) is 11.1. The van der Waals surface area contributed by atoms with Crippen molar-refractivity contribution in [2.75, 3.05) is 18.5 Å². The van der Waals surface area contributed by atoms with Crippen molar-refractivity contribution < 1.29 is 35.8 Å². The molecule has 15 heteroatoms. The second-order valence-electron chi connectivity index (χ2n) is 8.83. The molecule has 1 aromatic heterocycles. The van der Waals surface area contributed by atoms with Crippen molar-refractivity contribution in [2.45, 2.75) is 44.7 Å². The predicted molar refractivity (Wildman–Crippen MR) is 139 cm³/mol. The molecule has 41 heavy (non-hydrogen) atoms. The van der Waals surface area contributed by atoms with Crippen LogP contribution in [-0.4, -0.2) is 41.0 Å². The Bertz CT molecular complexity index is 1580. The second-order valence-corrected chi connectivity index (χ2v) is 9.27. The van der Waals surface area contributed by atoms with Crippen molar-refractivity contribution in [2.24, 2.45) is 4.99 Å². The predicted octanol–water partition coefficient (Wildman–Crippen LogP) is 5.42. The number of ether oxygens (including phenoxy) is 2. The van der Waals surface area contributed by atoms with E-state index in [4.69, 9.17) is 21.1 Å². The smallest absolute Gasteiger partial charge is 0.427 e. The molecule has 0 saturated heterocycles. The molecule has 3 aromatic rings. The minimum Gasteiger partial charge on any atom is -0.490 e. The van der Waals surface area contributed by atoms with Crippen LogP contribution >= 0.6 is 11.6 Å². The standard InChI is InChI=1S/C26H23ClF6N4O4/c1-3-40-17-9-8-14(12-18(17)41-4-2)10-11-37-21-19(22(38)35-23(37)39)24(25(28,29)30,26(31,32)33)36-20(34-21)15-6-5-7-16(27)13-15/h5-9,12-13H,3-4,10-11H2,1-2H3,(H,34,36)(H,35,38,39). The molecular formula is C26H23ClF6N4O4. The van der Waals surface area contributed by atoms with E-state index in [0.717, 1.165) is 6.07 Å². The molecule has 4 rings (SSSR count). The molecule has 2 heterocycles. The van der Waals surface area contributed by atoms with Gasteiger partial charge in [-0.1, -0.05) is 29.8 Å². The molecule has 2 aromatic carbocycles. The third-order valence-corrected chi connectivity index (χ3v) is 6.46. The Morgan fingerprint density at radius 3 is 2.22 bits per heavy atom. The van der Waals surface area contributed by atoms with Gasteiger partial charge in [-0.15, -0.1) is 0 Å². The van der Waals surface area contributed by atoms with E-state index in [1.54, 1.807) is 37.0 Å². The minimum atomic E-state index is -6.12. The lowest BCUT2D eigenvalue weighted by molar-refractivity contribution is -0.301. The molecule has 8 nitrogen and oxygen atoms in total. The number of aromatic nitrogens is 2. The molecular weight excluding hydrogens is 582 g/mol. The quantitative estimate of drug-likeness (QED) is 0.335. The fourth-order valence-corrected chi connectivity index (χ4v) is 4.64. The van der Waals surface area contributed by atoms with E-state index in [2.05, 4.69) is 10.3 Å². The number of rotatable bonds is 8. The number of anilines is 1. The summed E-state index contributed by atoms with van der Waals surface area (Å²) in [6, 6.07) is 9.73. The van der Waals surface area contributed by atoms with Crippen molar-refractivity contribution in [1.29, 1.82) is 0 Å². The van der Waals surface area contributed by atoms with Crippen LogP contribution in [0.1, 0.15) is 30.5 Å². The SMILES string of the molecule is CCOc1ccc(CCn2c3c(c(=O)[nH]c2=O)C(C(F)(F)F)(C(F)(F)F)N=C(c2cccc(Cl)c2)N3)cc1OCC. The lowest BCUT2D eigenvalue weighted by atomic mass is 9.87. The van der Waals surface area contributed by atoms with Gasteiger partial charge in [0.25, 0.3) is 11.1 Å². The number of benzene rings is 2. The minimum absolute atomic E-state index is 0.00585. The molecule has 1 aliphatic heterocycles. The van der Waals surface area contributed by atoms with Gasteiger partial charge in [0.2, 0.25) is 0 Å². The highest BCUT2D eigenvalue weighted by atomic mass is 35.5. The van der Waals surface area contributed by atoms with Crippen molar-refractivity contribution in [1.82, 2.24) is 9.55 Å². The monoisotopic (exact) mass is 604 g/mol. The zero-order valence-corrected chi connectivity index (χ0v) is 22.3. The number of H-pyrrole nitrogens is 1. The number of aryl methyl sites for hydroxylation is 1. The molecule has 2 N–H and O–H groups in total. The van der Waals surface area contributed by atoms with Gasteiger partial charge in [0.15, 0.2) is 11.5 Å². The van der Waals surface area contributed by atoms with Gasteiger partial charge < -0.3 is 14.8 Å². The van der Waals surface area contributed by atoms with E-state index in [1.165, 1.54) is 18.2 Å². The highest BCUT2D eigenvalue weighted by Gasteiger charge is 2.75. The Morgan fingerprint density at radius 1 is 0.951 bits per heavy atom. The van der Waals surface area contributed by atoms with Crippen LogP contribution in [0.3, 0.4) is 0 Å². The number of aromatic amines is 1. The van der Waals surface area contributed by atoms with Crippen LogP contribution in [0, 0.1) is 0 Å². The zero-order valence-electron chi connectivity index (χ0n) is 21.5. The first-order chi connectivity index (χ1) is 19.2. The number of aliphatic imine (C=N–C) groups is 1. The van der Waals surface area contributed by atoms with Gasteiger partial charge in [-0.3, -0.25) is 14.3 Å². The number of nitrogens with one attached hydrogen (secondary N) is 2. The van der Waals surface area contributed by atoms with Gasteiger partial charge in [-0.25, -0.2) is 9.79 Å². The molecule has 0 saturated carbocycles. The highest BCUT2D eigenvalue weighted by Crippen LogP contribution is 2.55. The third kappa shape index (κ3) is 5.52. The number of halogens is 7. The first-order valence-corrected chi connectivity index (χ1v) is 12.6. The van der Waals surface area contributed by atoms with Gasteiger partial charge >= 0.3 is 18.0 Å². The summed E-state index contributed by atoms with van der Waals surface area (Å²) < 4.78 is 98.5. The van der Waals surface area contributed by atoms with Gasteiger partial charge in [-0.05, 0) is 50.1 Å². The normalized spacial score (nSPS) is 14.6. The fraction of sp³-hybridized carbons (Fsp3) is 0.346.